The maximum Gasteiger partial charge on any atom is -0.0383 e. The first-order valence-corrected chi connectivity index (χ1v) is 9.42. The van der Waals surface area contributed by atoms with Gasteiger partial charge in [0.05, 0.1) is 0 Å². The molecule has 0 aromatic carbocycles. The summed E-state index contributed by atoms with van der Waals surface area (Å²) in [6.07, 6.45) is 23.3. The minimum absolute atomic E-state index is 1.11. The summed E-state index contributed by atoms with van der Waals surface area (Å²) in [6.45, 7) is 0. The summed E-state index contributed by atoms with van der Waals surface area (Å²) in [6, 6.07) is 0. The van der Waals surface area contributed by atoms with Gasteiger partial charge < -0.3 is 0 Å². The molecule has 3 aliphatic carbocycles. The fourth-order valence-electron chi connectivity index (χ4n) is 5.40. The zero-order chi connectivity index (χ0) is 12.9. The second-order valence-electron chi connectivity index (χ2n) is 7.92. The van der Waals surface area contributed by atoms with Crippen LogP contribution in [0, 0.1) is 23.7 Å². The van der Waals surface area contributed by atoms with Gasteiger partial charge in [-0.1, -0.05) is 83.5 Å². The molecule has 3 fully saturated rings. The van der Waals surface area contributed by atoms with Crippen LogP contribution in [0.4, 0.5) is 0 Å². The summed E-state index contributed by atoms with van der Waals surface area (Å²) in [5.41, 5.74) is 0. The van der Waals surface area contributed by atoms with Crippen LogP contribution in [0.2, 0.25) is 0 Å². The monoisotopic (exact) mass is 262 g/mol. The van der Waals surface area contributed by atoms with Crippen LogP contribution in [0.5, 0.6) is 0 Å². The van der Waals surface area contributed by atoms with E-state index in [2.05, 4.69) is 0 Å². The molecular weight excluding hydrogens is 228 g/mol. The van der Waals surface area contributed by atoms with Gasteiger partial charge in [0.2, 0.25) is 0 Å². The summed E-state index contributed by atoms with van der Waals surface area (Å²) in [5.74, 6) is 4.51. The van der Waals surface area contributed by atoms with Gasteiger partial charge in [0.1, 0.15) is 0 Å². The molecular formula is C19H34. The van der Waals surface area contributed by atoms with Crippen LogP contribution in [0.15, 0.2) is 0 Å². The molecule has 0 nitrogen and oxygen atoms in total. The highest BCUT2D eigenvalue weighted by Gasteiger charge is 2.31. The number of hydrogen-bond donors (Lipinski definition) is 0. The first-order valence-electron chi connectivity index (χ1n) is 9.42. The van der Waals surface area contributed by atoms with Gasteiger partial charge >= 0.3 is 0 Å². The molecule has 3 saturated carbocycles. The van der Waals surface area contributed by atoms with Crippen LogP contribution >= 0.6 is 0 Å². The van der Waals surface area contributed by atoms with Crippen molar-refractivity contribution in [3.8, 4) is 0 Å². The van der Waals surface area contributed by atoms with E-state index in [0.29, 0.717) is 0 Å². The molecule has 19 heavy (non-hydrogen) atoms. The molecule has 0 aliphatic heterocycles. The molecule has 0 heteroatoms. The number of fused-ring (bicyclic) bond motifs is 1. The van der Waals surface area contributed by atoms with Crippen molar-refractivity contribution in [2.24, 2.45) is 23.7 Å². The zero-order valence-electron chi connectivity index (χ0n) is 12.9. The van der Waals surface area contributed by atoms with E-state index in [0.717, 1.165) is 23.7 Å². The molecule has 110 valence electrons. The second kappa shape index (κ2) is 7.14. The summed E-state index contributed by atoms with van der Waals surface area (Å²) in [5, 5.41) is 0. The Bertz CT molecular complexity index is 251. The highest BCUT2D eigenvalue weighted by Crippen LogP contribution is 2.44. The van der Waals surface area contributed by atoms with E-state index in [1.807, 2.05) is 0 Å². The van der Waals surface area contributed by atoms with Crippen molar-refractivity contribution < 1.29 is 0 Å². The average molecular weight is 262 g/mol. The van der Waals surface area contributed by atoms with Gasteiger partial charge in [0, 0.05) is 0 Å². The predicted molar refractivity (Wildman–Crippen MR) is 83.2 cm³/mol. The molecule has 3 atom stereocenters. The Morgan fingerprint density at radius 3 is 2.05 bits per heavy atom. The normalized spacial score (nSPS) is 36.9. The van der Waals surface area contributed by atoms with E-state index in [4.69, 9.17) is 0 Å². The molecule has 3 rings (SSSR count). The lowest BCUT2D eigenvalue weighted by Crippen LogP contribution is -2.27. The molecule has 0 radical (unpaired) electrons. The molecule has 0 aromatic rings. The van der Waals surface area contributed by atoms with Crippen LogP contribution in [-0.2, 0) is 0 Å². The van der Waals surface area contributed by atoms with Crippen molar-refractivity contribution in [3.63, 3.8) is 0 Å². The minimum atomic E-state index is 1.11. The fraction of sp³-hybridized carbons (Fsp3) is 1.00. The Hall–Kier alpha value is 0. The Kier molecular flexibility index (Phi) is 5.24. The highest BCUT2D eigenvalue weighted by molar-refractivity contribution is 4.83. The first kappa shape index (κ1) is 14.0. The van der Waals surface area contributed by atoms with Gasteiger partial charge in [-0.15, -0.1) is 0 Å². The third-order valence-corrected chi connectivity index (χ3v) is 6.60. The van der Waals surface area contributed by atoms with E-state index in [-0.39, 0.29) is 0 Å². The molecule has 0 aromatic heterocycles. The van der Waals surface area contributed by atoms with Crippen LogP contribution in [-0.4, -0.2) is 0 Å². The van der Waals surface area contributed by atoms with Crippen LogP contribution < -0.4 is 0 Å². The van der Waals surface area contributed by atoms with E-state index in [9.17, 15) is 0 Å². The maximum absolute atomic E-state index is 1.61. The molecule has 0 N–H and O–H groups in total. The van der Waals surface area contributed by atoms with Gasteiger partial charge in [0.25, 0.3) is 0 Å². The van der Waals surface area contributed by atoms with E-state index in [1.54, 1.807) is 64.2 Å². The lowest BCUT2D eigenvalue weighted by atomic mass is 9.66. The van der Waals surface area contributed by atoms with Gasteiger partial charge in [-0.2, -0.15) is 0 Å². The molecule has 0 amide bonds. The SMILES string of the molecule is C1CCC(CCCC2CCC3CCCCC3C2)CC1. The molecule has 0 saturated heterocycles. The van der Waals surface area contributed by atoms with E-state index >= 15 is 0 Å². The second-order valence-corrected chi connectivity index (χ2v) is 7.92. The van der Waals surface area contributed by atoms with Crippen LogP contribution in [0.1, 0.15) is 96.3 Å². The van der Waals surface area contributed by atoms with E-state index < -0.39 is 0 Å². The van der Waals surface area contributed by atoms with Crippen molar-refractivity contribution in [2.75, 3.05) is 0 Å². The predicted octanol–water partition coefficient (Wildman–Crippen LogP) is 6.34. The van der Waals surface area contributed by atoms with Gasteiger partial charge in [0.15, 0.2) is 0 Å². The largest absolute Gasteiger partial charge is 0.0533 e. The number of rotatable bonds is 4. The first-order chi connectivity index (χ1) is 9.42. The fourth-order valence-corrected chi connectivity index (χ4v) is 5.40. The smallest absolute Gasteiger partial charge is 0.0383 e. The van der Waals surface area contributed by atoms with Gasteiger partial charge in [-0.05, 0) is 36.5 Å². The maximum atomic E-state index is 1.61. The minimum Gasteiger partial charge on any atom is -0.0533 e. The van der Waals surface area contributed by atoms with Crippen molar-refractivity contribution in [3.05, 3.63) is 0 Å². The van der Waals surface area contributed by atoms with Crippen molar-refractivity contribution >= 4 is 0 Å². The Labute approximate surface area is 120 Å². The summed E-state index contributed by atoms with van der Waals surface area (Å²) < 4.78 is 0. The van der Waals surface area contributed by atoms with Crippen molar-refractivity contribution in [1.82, 2.24) is 0 Å². The zero-order valence-corrected chi connectivity index (χ0v) is 12.9. The third-order valence-electron chi connectivity index (χ3n) is 6.60. The van der Waals surface area contributed by atoms with Crippen LogP contribution in [0.3, 0.4) is 0 Å². The standard InChI is InChI=1S/C19H34/c1-2-7-16(8-3-1)9-6-10-17-13-14-18-11-4-5-12-19(18)15-17/h16-19H,1-15H2. The average Bonchev–Trinajstić information content (AvgIpc) is 2.48. The quantitative estimate of drug-likeness (QED) is 0.554. The Morgan fingerprint density at radius 1 is 0.526 bits per heavy atom. The lowest BCUT2D eigenvalue weighted by Gasteiger charge is -2.39. The molecule has 3 aliphatic rings. The Morgan fingerprint density at radius 2 is 1.21 bits per heavy atom. The molecule has 3 unspecified atom stereocenters. The van der Waals surface area contributed by atoms with E-state index in [1.165, 1.54) is 32.1 Å². The summed E-state index contributed by atoms with van der Waals surface area (Å²) >= 11 is 0. The van der Waals surface area contributed by atoms with Gasteiger partial charge in [-0.3, -0.25) is 0 Å². The molecule has 0 heterocycles. The third kappa shape index (κ3) is 3.99. The van der Waals surface area contributed by atoms with Crippen LogP contribution in [0.25, 0.3) is 0 Å². The summed E-state index contributed by atoms with van der Waals surface area (Å²) in [7, 11) is 0. The highest BCUT2D eigenvalue weighted by atomic mass is 14.4. The van der Waals surface area contributed by atoms with Crippen molar-refractivity contribution in [1.29, 1.82) is 0 Å². The van der Waals surface area contributed by atoms with Crippen molar-refractivity contribution in [2.45, 2.75) is 96.3 Å². The lowest BCUT2D eigenvalue weighted by molar-refractivity contribution is 0.123. The molecule has 0 spiro atoms. The van der Waals surface area contributed by atoms with Gasteiger partial charge in [-0.25, -0.2) is 0 Å². The topological polar surface area (TPSA) is 0 Å². The Balaban J connectivity index is 1.34. The molecule has 0 bridgehead atoms. The summed E-state index contributed by atoms with van der Waals surface area (Å²) in [4.78, 5) is 0. The number of hydrogen-bond acceptors (Lipinski definition) is 0.